The van der Waals surface area contributed by atoms with E-state index in [0.717, 1.165) is 17.5 Å². The zero-order valence-corrected chi connectivity index (χ0v) is 15.2. The molecular formula is C18H24ClNO3. The average molecular weight is 338 g/mol. The van der Waals surface area contributed by atoms with Gasteiger partial charge in [-0.3, -0.25) is 0 Å². The van der Waals surface area contributed by atoms with Crippen LogP contribution < -0.4 is 4.74 Å². The molecule has 23 heavy (non-hydrogen) atoms. The zero-order chi connectivity index (χ0) is 17.2. The van der Waals surface area contributed by atoms with Crippen molar-refractivity contribution in [3.63, 3.8) is 0 Å². The highest BCUT2D eigenvalue weighted by atomic mass is 35.5. The Morgan fingerprint density at radius 2 is 2.00 bits per heavy atom. The summed E-state index contributed by atoms with van der Waals surface area (Å²) in [6.07, 6.45) is 2.58. The molecule has 0 aromatic heterocycles. The molecule has 1 aliphatic rings. The summed E-state index contributed by atoms with van der Waals surface area (Å²) >= 11 is 6.22. The first-order chi connectivity index (χ1) is 10.7. The van der Waals surface area contributed by atoms with E-state index in [0.29, 0.717) is 23.9 Å². The Morgan fingerprint density at radius 1 is 1.30 bits per heavy atom. The minimum absolute atomic E-state index is 0.266. The van der Waals surface area contributed by atoms with Gasteiger partial charge >= 0.3 is 6.09 Å². The fourth-order valence-electron chi connectivity index (χ4n) is 2.49. The van der Waals surface area contributed by atoms with E-state index in [1.807, 2.05) is 33.8 Å². The molecule has 126 valence electrons. The van der Waals surface area contributed by atoms with Crippen molar-refractivity contribution in [3.05, 3.63) is 34.4 Å². The molecule has 5 heteroatoms. The van der Waals surface area contributed by atoms with Gasteiger partial charge in [0.15, 0.2) is 0 Å². The molecular weight excluding hydrogens is 314 g/mol. The van der Waals surface area contributed by atoms with E-state index in [1.54, 1.807) is 12.0 Å². The molecule has 0 N–H and O–H groups in total. The monoisotopic (exact) mass is 337 g/mol. The van der Waals surface area contributed by atoms with Crippen molar-refractivity contribution in [2.45, 2.75) is 39.7 Å². The van der Waals surface area contributed by atoms with Crippen LogP contribution in [0, 0.1) is 6.92 Å². The molecule has 4 nitrogen and oxygen atoms in total. The molecule has 0 aliphatic carbocycles. The first-order valence-corrected chi connectivity index (χ1v) is 8.10. The number of ether oxygens (including phenoxy) is 2. The van der Waals surface area contributed by atoms with Gasteiger partial charge in [0.25, 0.3) is 0 Å². The summed E-state index contributed by atoms with van der Waals surface area (Å²) in [5, 5.41) is 0.642. The second-order valence-corrected chi connectivity index (χ2v) is 7.09. The third-order valence-corrected chi connectivity index (χ3v) is 4.16. The van der Waals surface area contributed by atoms with Crippen LogP contribution in [0.3, 0.4) is 0 Å². The lowest BCUT2D eigenvalue weighted by atomic mass is 9.97. The summed E-state index contributed by atoms with van der Waals surface area (Å²) < 4.78 is 10.7. The highest BCUT2D eigenvalue weighted by Crippen LogP contribution is 2.33. The summed E-state index contributed by atoms with van der Waals surface area (Å²) in [7, 11) is 1.62. The van der Waals surface area contributed by atoms with Crippen LogP contribution in [-0.4, -0.2) is 36.8 Å². The number of aryl methyl sites for hydroxylation is 1. The van der Waals surface area contributed by atoms with E-state index in [9.17, 15) is 4.79 Å². The smallest absolute Gasteiger partial charge is 0.410 e. The minimum Gasteiger partial charge on any atom is -0.495 e. The highest BCUT2D eigenvalue weighted by Gasteiger charge is 2.24. The lowest BCUT2D eigenvalue weighted by molar-refractivity contribution is 0.0270. The predicted molar refractivity (Wildman–Crippen MR) is 93.1 cm³/mol. The van der Waals surface area contributed by atoms with Crippen molar-refractivity contribution in [2.75, 3.05) is 20.2 Å². The van der Waals surface area contributed by atoms with Gasteiger partial charge in [-0.15, -0.1) is 0 Å². The molecule has 0 fully saturated rings. The number of carbonyl (C=O) groups is 1. The minimum atomic E-state index is -0.471. The third-order valence-electron chi connectivity index (χ3n) is 3.67. The molecule has 0 saturated carbocycles. The summed E-state index contributed by atoms with van der Waals surface area (Å²) in [4.78, 5) is 13.8. The fourth-order valence-corrected chi connectivity index (χ4v) is 2.68. The van der Waals surface area contributed by atoms with Crippen LogP contribution in [0.5, 0.6) is 5.75 Å². The SMILES string of the molecule is COc1cc(C2=CCN(C(=O)OC(C)(C)C)CC2)cc(C)c1Cl. The van der Waals surface area contributed by atoms with Crippen LogP contribution in [0.1, 0.15) is 38.3 Å². The van der Waals surface area contributed by atoms with Crippen LogP contribution in [0.4, 0.5) is 4.79 Å². The number of hydrogen-bond acceptors (Lipinski definition) is 3. The topological polar surface area (TPSA) is 38.8 Å². The first kappa shape index (κ1) is 17.7. The molecule has 0 bridgehead atoms. The molecule has 1 aromatic carbocycles. The number of halogens is 1. The maximum atomic E-state index is 12.1. The van der Waals surface area contributed by atoms with Crippen LogP contribution in [-0.2, 0) is 4.74 Å². The number of methoxy groups -OCH3 is 1. The molecule has 1 amide bonds. The van der Waals surface area contributed by atoms with E-state index >= 15 is 0 Å². The Bertz CT molecular complexity index is 632. The molecule has 0 saturated heterocycles. The first-order valence-electron chi connectivity index (χ1n) is 7.72. The van der Waals surface area contributed by atoms with Gasteiger partial charge in [-0.05, 0) is 56.9 Å². The molecule has 0 spiro atoms. The molecule has 2 rings (SSSR count). The number of nitrogens with zero attached hydrogens (tertiary/aromatic N) is 1. The van der Waals surface area contributed by atoms with Gasteiger partial charge in [-0.1, -0.05) is 23.7 Å². The van der Waals surface area contributed by atoms with E-state index in [4.69, 9.17) is 21.1 Å². The molecule has 0 radical (unpaired) electrons. The van der Waals surface area contributed by atoms with Gasteiger partial charge < -0.3 is 14.4 Å². The Morgan fingerprint density at radius 3 is 2.52 bits per heavy atom. The third kappa shape index (κ3) is 4.41. The maximum absolute atomic E-state index is 12.1. The number of carbonyl (C=O) groups excluding carboxylic acids is 1. The zero-order valence-electron chi connectivity index (χ0n) is 14.4. The number of hydrogen-bond donors (Lipinski definition) is 0. The molecule has 0 unspecified atom stereocenters. The van der Waals surface area contributed by atoms with Gasteiger partial charge in [0.1, 0.15) is 11.4 Å². The standard InChI is InChI=1S/C18H24ClNO3/c1-12-10-14(11-15(22-5)16(12)19)13-6-8-20(9-7-13)17(21)23-18(2,3)4/h6,10-11H,7-9H2,1-5H3. The van der Waals surface area contributed by atoms with Crippen molar-refractivity contribution in [2.24, 2.45) is 0 Å². The Balaban J connectivity index is 2.13. The number of rotatable bonds is 2. The van der Waals surface area contributed by atoms with Crippen molar-refractivity contribution < 1.29 is 14.3 Å². The Kier molecular flexibility index (Phi) is 5.25. The summed E-state index contributed by atoms with van der Waals surface area (Å²) in [6.45, 7) is 8.78. The average Bonchev–Trinajstić information content (AvgIpc) is 2.48. The molecule has 0 atom stereocenters. The lowest BCUT2D eigenvalue weighted by Crippen LogP contribution is -2.39. The second kappa shape index (κ2) is 6.83. The summed E-state index contributed by atoms with van der Waals surface area (Å²) in [5.41, 5.74) is 2.80. The number of amides is 1. The van der Waals surface area contributed by atoms with E-state index < -0.39 is 5.60 Å². The lowest BCUT2D eigenvalue weighted by Gasteiger charge is -2.29. The van der Waals surface area contributed by atoms with Gasteiger partial charge in [0.05, 0.1) is 12.1 Å². The van der Waals surface area contributed by atoms with Gasteiger partial charge in [0.2, 0.25) is 0 Å². The van der Waals surface area contributed by atoms with E-state index in [2.05, 4.69) is 12.1 Å². The van der Waals surface area contributed by atoms with Crippen LogP contribution in [0.2, 0.25) is 5.02 Å². The quantitative estimate of drug-likeness (QED) is 0.786. The van der Waals surface area contributed by atoms with Gasteiger partial charge in [-0.25, -0.2) is 4.79 Å². The normalized spacial score (nSPS) is 15.2. The second-order valence-electron chi connectivity index (χ2n) is 6.72. The fraction of sp³-hybridized carbons (Fsp3) is 0.500. The van der Waals surface area contributed by atoms with Crippen LogP contribution in [0.15, 0.2) is 18.2 Å². The van der Waals surface area contributed by atoms with Gasteiger partial charge in [-0.2, -0.15) is 0 Å². The van der Waals surface area contributed by atoms with E-state index in [1.165, 1.54) is 5.57 Å². The summed E-state index contributed by atoms with van der Waals surface area (Å²) in [6, 6.07) is 4.00. The highest BCUT2D eigenvalue weighted by molar-refractivity contribution is 6.32. The predicted octanol–water partition coefficient (Wildman–Crippen LogP) is 4.68. The van der Waals surface area contributed by atoms with Crippen LogP contribution >= 0.6 is 11.6 Å². The number of benzene rings is 1. The summed E-state index contributed by atoms with van der Waals surface area (Å²) in [5.74, 6) is 0.678. The van der Waals surface area contributed by atoms with Crippen molar-refractivity contribution >= 4 is 23.3 Å². The Labute approximate surface area is 143 Å². The maximum Gasteiger partial charge on any atom is 0.410 e. The van der Waals surface area contributed by atoms with Crippen molar-refractivity contribution in [3.8, 4) is 5.75 Å². The van der Waals surface area contributed by atoms with E-state index in [-0.39, 0.29) is 6.09 Å². The molecule has 1 aliphatic heterocycles. The largest absolute Gasteiger partial charge is 0.495 e. The van der Waals surface area contributed by atoms with Crippen molar-refractivity contribution in [1.29, 1.82) is 0 Å². The van der Waals surface area contributed by atoms with Gasteiger partial charge in [0, 0.05) is 13.1 Å². The van der Waals surface area contributed by atoms with Crippen LogP contribution in [0.25, 0.3) is 5.57 Å². The molecule has 1 heterocycles. The van der Waals surface area contributed by atoms with Crippen molar-refractivity contribution in [1.82, 2.24) is 4.90 Å². The molecule has 1 aromatic rings. The Hall–Kier alpha value is -1.68.